The Kier molecular flexibility index (Phi) is 6.61. The molecule has 6 nitrogen and oxygen atoms in total. The number of carboxylic acid groups (broad SMARTS) is 1. The lowest BCUT2D eigenvalue weighted by Crippen LogP contribution is -2.47. The molecule has 1 amide bonds. The number of nitrogens with zero attached hydrogens (tertiary/aromatic N) is 1. The van der Waals surface area contributed by atoms with Crippen LogP contribution in [0.25, 0.3) is 0 Å². The minimum absolute atomic E-state index is 0.0619. The van der Waals surface area contributed by atoms with Gasteiger partial charge in [0, 0.05) is 18.7 Å². The summed E-state index contributed by atoms with van der Waals surface area (Å²) >= 11 is 0. The lowest BCUT2D eigenvalue weighted by Gasteiger charge is -2.40. The second-order valence-corrected chi connectivity index (χ2v) is 11.1. The molecule has 0 aromatic heterocycles. The minimum Gasteiger partial charge on any atom is -0.478 e. The molecule has 0 unspecified atom stereocenters. The van der Waals surface area contributed by atoms with Gasteiger partial charge in [0.25, 0.3) is 5.91 Å². The first-order chi connectivity index (χ1) is 15.2. The first kappa shape index (κ1) is 24.8. The third-order valence-corrected chi connectivity index (χ3v) is 8.90. The molecule has 1 heterocycles. The number of benzene rings is 2. The zero-order valence-corrected chi connectivity index (χ0v) is 18.9. The van der Waals surface area contributed by atoms with Crippen molar-refractivity contribution >= 4 is 21.7 Å². The van der Waals surface area contributed by atoms with Gasteiger partial charge in [0.05, 0.1) is 20.8 Å². The normalized spacial score (nSPS) is 16.0. The molecule has 2 aromatic rings. The van der Waals surface area contributed by atoms with Gasteiger partial charge in [-0.25, -0.2) is 13.2 Å². The van der Waals surface area contributed by atoms with E-state index in [-0.39, 0.29) is 35.4 Å². The Hall–Kier alpha value is -2.88. The van der Waals surface area contributed by atoms with Gasteiger partial charge in [0.15, 0.2) is 9.84 Å². The Morgan fingerprint density at radius 3 is 2.03 bits per heavy atom. The highest BCUT2D eigenvalue weighted by atomic mass is 32.2. The predicted octanol–water partition coefficient (Wildman–Crippen LogP) is 4.51. The Morgan fingerprint density at radius 1 is 0.970 bits per heavy atom. The SMILES string of the molecule is CC(C)(C1CCN(C(=O)c2ccc(C(=O)O)cc2)CC1)S(=O)(=O)c1cccc(C(F)(F)F)c1. The first-order valence-electron chi connectivity index (χ1n) is 10.3. The van der Waals surface area contributed by atoms with E-state index in [1.165, 1.54) is 44.2 Å². The Balaban J connectivity index is 1.74. The summed E-state index contributed by atoms with van der Waals surface area (Å²) < 4.78 is 64.4. The zero-order chi connectivity index (χ0) is 24.6. The molecule has 0 spiro atoms. The average molecular weight is 484 g/mol. The van der Waals surface area contributed by atoms with Crippen LogP contribution in [-0.2, 0) is 16.0 Å². The van der Waals surface area contributed by atoms with Crippen molar-refractivity contribution in [2.24, 2.45) is 5.92 Å². The number of hydrogen-bond donors (Lipinski definition) is 1. The summed E-state index contributed by atoms with van der Waals surface area (Å²) in [4.78, 5) is 24.9. The van der Waals surface area contributed by atoms with Crippen LogP contribution in [0.3, 0.4) is 0 Å². The van der Waals surface area contributed by atoms with Crippen LogP contribution in [0.2, 0.25) is 0 Å². The largest absolute Gasteiger partial charge is 0.478 e. The van der Waals surface area contributed by atoms with Crippen molar-refractivity contribution in [1.29, 1.82) is 0 Å². The van der Waals surface area contributed by atoms with Gasteiger partial charge in [-0.15, -0.1) is 0 Å². The summed E-state index contributed by atoms with van der Waals surface area (Å²) in [5, 5.41) is 8.97. The van der Waals surface area contributed by atoms with Gasteiger partial charge in [-0.2, -0.15) is 13.2 Å². The van der Waals surface area contributed by atoms with E-state index in [0.29, 0.717) is 24.5 Å². The van der Waals surface area contributed by atoms with Crippen LogP contribution in [0.4, 0.5) is 13.2 Å². The second-order valence-electron chi connectivity index (χ2n) is 8.58. The number of piperidine rings is 1. The standard InChI is InChI=1S/C23H24F3NO5S/c1-22(2,33(31,32)19-5-3-4-18(14-19)23(24,25)26)17-10-12-27(13-11-17)20(28)15-6-8-16(9-7-15)21(29)30/h3-9,14,17H,10-13H2,1-2H3,(H,29,30). The lowest BCUT2D eigenvalue weighted by atomic mass is 9.85. The quantitative estimate of drug-likeness (QED) is 0.676. The number of carbonyl (C=O) groups excluding carboxylic acids is 1. The first-order valence-corrected chi connectivity index (χ1v) is 11.8. The number of sulfone groups is 1. The topological polar surface area (TPSA) is 91.8 Å². The molecule has 0 aliphatic carbocycles. The molecular weight excluding hydrogens is 459 g/mol. The number of alkyl halides is 3. The highest BCUT2D eigenvalue weighted by molar-refractivity contribution is 7.92. The van der Waals surface area contributed by atoms with Crippen molar-refractivity contribution in [2.75, 3.05) is 13.1 Å². The molecule has 3 rings (SSSR count). The van der Waals surface area contributed by atoms with E-state index >= 15 is 0 Å². The van der Waals surface area contributed by atoms with Crippen LogP contribution in [-0.4, -0.2) is 48.1 Å². The lowest BCUT2D eigenvalue weighted by molar-refractivity contribution is -0.137. The summed E-state index contributed by atoms with van der Waals surface area (Å²) in [6.07, 6.45) is -3.92. The van der Waals surface area contributed by atoms with Gasteiger partial charge in [-0.3, -0.25) is 4.79 Å². The third-order valence-electron chi connectivity index (χ3n) is 6.31. The molecule has 1 aliphatic rings. The van der Waals surface area contributed by atoms with Crippen molar-refractivity contribution in [3.63, 3.8) is 0 Å². The molecule has 1 aliphatic heterocycles. The van der Waals surface area contributed by atoms with Crippen molar-refractivity contribution in [1.82, 2.24) is 4.90 Å². The van der Waals surface area contributed by atoms with E-state index < -0.39 is 32.3 Å². The molecule has 0 bridgehead atoms. The summed E-state index contributed by atoms with van der Waals surface area (Å²) in [6.45, 7) is 3.59. The fraction of sp³-hybridized carbons (Fsp3) is 0.391. The Labute approximate surface area is 189 Å². The van der Waals surface area contributed by atoms with E-state index in [0.717, 1.165) is 12.1 Å². The van der Waals surface area contributed by atoms with E-state index in [1.807, 2.05) is 0 Å². The van der Waals surface area contributed by atoms with Crippen LogP contribution in [0.5, 0.6) is 0 Å². The number of amides is 1. The van der Waals surface area contributed by atoms with Crippen LogP contribution in [0, 0.1) is 5.92 Å². The Bertz CT molecular complexity index is 1150. The third kappa shape index (κ3) is 4.90. The number of carbonyl (C=O) groups is 2. The molecular formula is C23H24F3NO5S. The maximum Gasteiger partial charge on any atom is 0.416 e. The molecule has 10 heteroatoms. The van der Waals surface area contributed by atoms with E-state index in [2.05, 4.69) is 0 Å². The maximum absolute atomic E-state index is 13.3. The summed E-state index contributed by atoms with van der Waals surface area (Å²) in [6, 6.07) is 9.30. The molecule has 0 atom stereocenters. The monoisotopic (exact) mass is 483 g/mol. The molecule has 2 aromatic carbocycles. The number of rotatable bonds is 5. The smallest absolute Gasteiger partial charge is 0.416 e. The van der Waals surface area contributed by atoms with Gasteiger partial charge in [-0.1, -0.05) is 6.07 Å². The number of halogens is 3. The predicted molar refractivity (Wildman–Crippen MR) is 115 cm³/mol. The van der Waals surface area contributed by atoms with Gasteiger partial charge in [0.1, 0.15) is 0 Å². The molecule has 33 heavy (non-hydrogen) atoms. The van der Waals surface area contributed by atoms with Crippen LogP contribution < -0.4 is 0 Å². The van der Waals surface area contributed by atoms with Gasteiger partial charge in [-0.05, 0) is 75.1 Å². The molecule has 0 saturated carbocycles. The van der Waals surface area contributed by atoms with E-state index in [9.17, 15) is 31.2 Å². The van der Waals surface area contributed by atoms with Gasteiger partial charge >= 0.3 is 12.1 Å². The molecule has 1 fully saturated rings. The average Bonchev–Trinajstić information content (AvgIpc) is 2.78. The number of hydrogen-bond acceptors (Lipinski definition) is 4. The summed E-state index contributed by atoms with van der Waals surface area (Å²) in [7, 11) is -4.08. The van der Waals surface area contributed by atoms with Crippen LogP contribution in [0.1, 0.15) is 53.0 Å². The van der Waals surface area contributed by atoms with Crippen molar-refractivity contribution in [2.45, 2.75) is 42.5 Å². The van der Waals surface area contributed by atoms with Gasteiger partial charge < -0.3 is 10.0 Å². The molecule has 0 radical (unpaired) electrons. The maximum atomic E-state index is 13.3. The number of aromatic carboxylic acids is 1. The Morgan fingerprint density at radius 2 is 1.52 bits per heavy atom. The van der Waals surface area contributed by atoms with Crippen molar-refractivity contribution < 1.29 is 36.3 Å². The summed E-state index contributed by atoms with van der Waals surface area (Å²) in [5.74, 6) is -1.75. The molecule has 1 N–H and O–H groups in total. The van der Waals surface area contributed by atoms with Crippen LogP contribution >= 0.6 is 0 Å². The van der Waals surface area contributed by atoms with Crippen molar-refractivity contribution in [3.8, 4) is 0 Å². The van der Waals surface area contributed by atoms with Crippen LogP contribution in [0.15, 0.2) is 53.4 Å². The zero-order valence-electron chi connectivity index (χ0n) is 18.1. The fourth-order valence-corrected chi connectivity index (χ4v) is 5.90. The summed E-state index contributed by atoms with van der Waals surface area (Å²) in [5.41, 5.74) is -0.630. The van der Waals surface area contributed by atoms with Gasteiger partial charge in [0.2, 0.25) is 0 Å². The number of likely N-dealkylation sites (tertiary alicyclic amines) is 1. The minimum atomic E-state index is -4.65. The van der Waals surface area contributed by atoms with E-state index in [1.54, 1.807) is 4.90 Å². The second kappa shape index (κ2) is 8.81. The molecule has 1 saturated heterocycles. The highest BCUT2D eigenvalue weighted by Crippen LogP contribution is 2.39. The fourth-order valence-electron chi connectivity index (χ4n) is 4.08. The van der Waals surface area contributed by atoms with E-state index in [4.69, 9.17) is 5.11 Å². The van der Waals surface area contributed by atoms with Crippen molar-refractivity contribution in [3.05, 3.63) is 65.2 Å². The number of carboxylic acids is 1. The molecule has 178 valence electrons. The highest BCUT2D eigenvalue weighted by Gasteiger charge is 2.45.